The van der Waals surface area contributed by atoms with Crippen molar-refractivity contribution in [2.24, 2.45) is 5.73 Å². The van der Waals surface area contributed by atoms with Gasteiger partial charge in [0.1, 0.15) is 11.6 Å². The number of benzene rings is 1. The fourth-order valence-corrected chi connectivity index (χ4v) is 2.66. The number of nitrogens with zero attached hydrogens (tertiary/aromatic N) is 1. The van der Waals surface area contributed by atoms with Crippen LogP contribution in [0.1, 0.15) is 15.9 Å². The Bertz CT molecular complexity index is 896. The molecule has 2 rings (SSSR count). The number of ether oxygens (including phenoxy) is 3. The van der Waals surface area contributed by atoms with E-state index in [-0.39, 0.29) is 29.8 Å². The normalized spacial score (nSPS) is 12.2. The summed E-state index contributed by atoms with van der Waals surface area (Å²) in [5, 5.41) is 0. The number of hydrogen-bond donors (Lipinski definition) is 1. The number of rotatable bonds is 9. The first kappa shape index (κ1) is 21.7. The van der Waals surface area contributed by atoms with E-state index in [1.54, 1.807) is 0 Å². The average Bonchev–Trinajstić information content (AvgIpc) is 2.68. The van der Waals surface area contributed by atoms with E-state index >= 15 is 0 Å². The Morgan fingerprint density at radius 3 is 2.43 bits per heavy atom. The number of nitrogens with two attached hydrogens (primary N) is 1. The molecule has 7 nitrogen and oxygen atoms in total. The highest BCUT2D eigenvalue weighted by Crippen LogP contribution is 2.14. The van der Waals surface area contributed by atoms with Gasteiger partial charge in [-0.3, -0.25) is 9.59 Å². The van der Waals surface area contributed by atoms with E-state index in [1.165, 1.54) is 44.4 Å². The first-order valence-corrected chi connectivity index (χ1v) is 8.38. The van der Waals surface area contributed by atoms with Crippen LogP contribution in [0.4, 0.5) is 8.78 Å². The van der Waals surface area contributed by atoms with Crippen LogP contribution in [-0.4, -0.2) is 44.0 Å². The smallest absolute Gasteiger partial charge is 0.234 e. The van der Waals surface area contributed by atoms with Crippen LogP contribution in [0.15, 0.2) is 35.4 Å². The maximum Gasteiger partial charge on any atom is 0.234 e. The molecule has 0 bridgehead atoms. The summed E-state index contributed by atoms with van der Waals surface area (Å²) in [6.07, 6.45) is 1.92. The molecule has 1 atom stereocenters. The number of pyridine rings is 1. The van der Waals surface area contributed by atoms with Crippen molar-refractivity contribution in [3.8, 4) is 5.75 Å². The molecule has 0 amide bonds. The van der Waals surface area contributed by atoms with E-state index in [9.17, 15) is 18.4 Å². The molecule has 152 valence electrons. The fraction of sp³-hybridized carbons (Fsp3) is 0.368. The fourth-order valence-electron chi connectivity index (χ4n) is 2.66. The Morgan fingerprint density at radius 1 is 1.18 bits per heavy atom. The lowest BCUT2D eigenvalue weighted by Crippen LogP contribution is -2.36. The van der Waals surface area contributed by atoms with Gasteiger partial charge in [0.05, 0.1) is 31.5 Å². The summed E-state index contributed by atoms with van der Waals surface area (Å²) in [7, 11) is 4.20. The Balaban J connectivity index is 2.33. The lowest BCUT2D eigenvalue weighted by molar-refractivity contribution is -0.111. The molecule has 9 heteroatoms. The van der Waals surface area contributed by atoms with Gasteiger partial charge in [0.15, 0.2) is 17.8 Å². The first-order valence-electron chi connectivity index (χ1n) is 8.38. The van der Waals surface area contributed by atoms with E-state index in [1.807, 2.05) is 0 Å². The Labute approximate surface area is 160 Å². The van der Waals surface area contributed by atoms with Gasteiger partial charge in [-0.2, -0.15) is 0 Å². The summed E-state index contributed by atoms with van der Waals surface area (Å²) in [5.74, 6) is -2.29. The van der Waals surface area contributed by atoms with Gasteiger partial charge in [0.25, 0.3) is 0 Å². The van der Waals surface area contributed by atoms with Gasteiger partial charge in [-0.05, 0) is 18.1 Å². The van der Waals surface area contributed by atoms with Crippen molar-refractivity contribution < 1.29 is 27.8 Å². The van der Waals surface area contributed by atoms with E-state index in [2.05, 4.69) is 0 Å². The van der Waals surface area contributed by atoms with Crippen LogP contribution in [0.5, 0.6) is 5.75 Å². The number of carbonyl (C=O) groups excluding carboxylic acids is 1. The van der Waals surface area contributed by atoms with Gasteiger partial charge in [-0.25, -0.2) is 8.78 Å². The molecule has 28 heavy (non-hydrogen) atoms. The van der Waals surface area contributed by atoms with Crippen LogP contribution < -0.4 is 15.9 Å². The molecule has 2 aromatic rings. The Morgan fingerprint density at radius 2 is 1.86 bits per heavy atom. The zero-order valence-corrected chi connectivity index (χ0v) is 15.8. The molecular weight excluding hydrogens is 374 g/mol. The number of methoxy groups -OCH3 is 3. The average molecular weight is 396 g/mol. The van der Waals surface area contributed by atoms with Gasteiger partial charge >= 0.3 is 0 Å². The lowest BCUT2D eigenvalue weighted by Gasteiger charge is -2.18. The monoisotopic (exact) mass is 396 g/mol. The van der Waals surface area contributed by atoms with Crippen molar-refractivity contribution in [3.05, 3.63) is 63.6 Å². The van der Waals surface area contributed by atoms with E-state index in [0.29, 0.717) is 6.07 Å². The summed E-state index contributed by atoms with van der Waals surface area (Å²) in [6, 6.07) is 1.79. The van der Waals surface area contributed by atoms with Crippen molar-refractivity contribution in [3.63, 3.8) is 0 Å². The molecule has 0 unspecified atom stereocenters. The Kier molecular flexibility index (Phi) is 7.38. The highest BCUT2D eigenvalue weighted by Gasteiger charge is 2.23. The Hall–Kier alpha value is -2.62. The standard InChI is InChI=1S/C19H22F2N2O5/c1-26-16-9-23(10-17(27-2)28-3)8-13(19(16)25)18(24)15(22)6-11-4-5-12(20)7-14(11)21/h4-5,7-9,15,17H,6,10,22H2,1-3H3/t15-/m0/s1. The molecule has 1 aromatic heterocycles. The highest BCUT2D eigenvalue weighted by molar-refractivity contribution is 6.00. The summed E-state index contributed by atoms with van der Waals surface area (Å²) >= 11 is 0. The van der Waals surface area contributed by atoms with Crippen molar-refractivity contribution in [2.75, 3.05) is 21.3 Å². The van der Waals surface area contributed by atoms with Crippen LogP contribution >= 0.6 is 0 Å². The minimum atomic E-state index is -1.20. The lowest BCUT2D eigenvalue weighted by atomic mass is 9.98. The molecule has 0 saturated carbocycles. The van der Waals surface area contributed by atoms with E-state index < -0.39 is 35.2 Å². The molecular formula is C19H22F2N2O5. The maximum absolute atomic E-state index is 13.8. The molecule has 0 radical (unpaired) electrons. The van der Waals surface area contributed by atoms with Crippen LogP contribution in [0.2, 0.25) is 0 Å². The third-order valence-electron chi connectivity index (χ3n) is 4.21. The van der Waals surface area contributed by atoms with Crippen molar-refractivity contribution in [2.45, 2.75) is 25.3 Å². The SMILES string of the molecule is COc1cn(CC(OC)OC)cc(C(=O)[C@@H](N)Cc2ccc(F)cc2F)c1=O. The number of aromatic nitrogens is 1. The predicted octanol–water partition coefficient (Wildman–Crippen LogP) is 1.51. The molecule has 2 N–H and O–H groups in total. The maximum atomic E-state index is 13.8. The van der Waals surface area contributed by atoms with Gasteiger partial charge in [0, 0.05) is 26.5 Å². The van der Waals surface area contributed by atoms with Crippen LogP contribution in [0.25, 0.3) is 0 Å². The molecule has 0 aliphatic carbocycles. The molecule has 0 fully saturated rings. The third kappa shape index (κ3) is 5.00. The van der Waals surface area contributed by atoms with Crippen LogP contribution in [0, 0.1) is 11.6 Å². The van der Waals surface area contributed by atoms with Gasteiger partial charge < -0.3 is 24.5 Å². The van der Waals surface area contributed by atoms with Crippen molar-refractivity contribution in [1.82, 2.24) is 4.57 Å². The zero-order chi connectivity index (χ0) is 20.8. The summed E-state index contributed by atoms with van der Waals surface area (Å²) in [5.41, 5.74) is 5.14. The molecule has 0 aliphatic rings. The van der Waals surface area contributed by atoms with Crippen LogP contribution in [-0.2, 0) is 22.4 Å². The number of carbonyl (C=O) groups is 1. The summed E-state index contributed by atoms with van der Waals surface area (Å²) in [6.45, 7) is 0.186. The number of ketones is 1. The molecule has 1 heterocycles. The highest BCUT2D eigenvalue weighted by atomic mass is 19.1. The minimum absolute atomic E-state index is 0.0584. The van der Waals surface area contributed by atoms with Crippen molar-refractivity contribution in [1.29, 1.82) is 0 Å². The predicted molar refractivity (Wildman–Crippen MR) is 97.4 cm³/mol. The second-order valence-corrected chi connectivity index (χ2v) is 6.08. The van der Waals surface area contributed by atoms with Crippen LogP contribution in [0.3, 0.4) is 0 Å². The molecule has 0 aliphatic heterocycles. The largest absolute Gasteiger partial charge is 0.491 e. The first-order chi connectivity index (χ1) is 13.3. The van der Waals surface area contributed by atoms with E-state index in [0.717, 1.165) is 6.07 Å². The quantitative estimate of drug-likeness (QED) is 0.510. The molecule has 1 aromatic carbocycles. The second kappa shape index (κ2) is 9.54. The number of halogens is 2. The number of Topliss-reactive ketones (excluding diaryl/α,β-unsaturated/α-hetero) is 1. The van der Waals surface area contributed by atoms with Gasteiger partial charge in [-0.1, -0.05) is 6.07 Å². The number of hydrogen-bond acceptors (Lipinski definition) is 6. The summed E-state index contributed by atoms with van der Waals surface area (Å²) < 4.78 is 43.7. The minimum Gasteiger partial charge on any atom is -0.491 e. The molecule has 0 spiro atoms. The van der Waals surface area contributed by atoms with Gasteiger partial charge in [0.2, 0.25) is 5.43 Å². The van der Waals surface area contributed by atoms with Crippen molar-refractivity contribution >= 4 is 5.78 Å². The molecule has 0 saturated heterocycles. The zero-order valence-electron chi connectivity index (χ0n) is 15.8. The second-order valence-electron chi connectivity index (χ2n) is 6.08. The third-order valence-corrected chi connectivity index (χ3v) is 4.21. The summed E-state index contributed by atoms with van der Waals surface area (Å²) in [4.78, 5) is 25.2. The van der Waals surface area contributed by atoms with Gasteiger partial charge in [-0.15, -0.1) is 0 Å². The van der Waals surface area contributed by atoms with E-state index in [4.69, 9.17) is 19.9 Å². The topological polar surface area (TPSA) is 92.8 Å².